The lowest BCUT2D eigenvalue weighted by Crippen LogP contribution is -2.30. The fourth-order valence-corrected chi connectivity index (χ4v) is 11.5. The van der Waals surface area contributed by atoms with E-state index in [9.17, 15) is 14.4 Å². The molecule has 0 saturated heterocycles. The minimum atomic E-state index is -0.769. The maximum atomic E-state index is 13.0. The van der Waals surface area contributed by atoms with Gasteiger partial charge in [-0.15, -0.1) is 0 Å². The predicted octanol–water partition coefficient (Wildman–Crippen LogP) is 25.2. The summed E-state index contributed by atoms with van der Waals surface area (Å²) in [6.45, 7) is 6.74. The van der Waals surface area contributed by atoms with Gasteiger partial charge in [-0.25, -0.2) is 0 Å². The van der Waals surface area contributed by atoms with Crippen molar-refractivity contribution < 1.29 is 28.6 Å². The van der Waals surface area contributed by atoms with Crippen LogP contribution in [0.25, 0.3) is 0 Å². The lowest BCUT2D eigenvalue weighted by molar-refractivity contribution is -0.167. The van der Waals surface area contributed by atoms with Gasteiger partial charge < -0.3 is 14.2 Å². The average molecular weight is 1130 g/mol. The van der Waals surface area contributed by atoms with E-state index in [2.05, 4.69) is 32.9 Å². The highest BCUT2D eigenvalue weighted by molar-refractivity contribution is 5.71. The van der Waals surface area contributed by atoms with Gasteiger partial charge in [0.25, 0.3) is 0 Å². The highest BCUT2D eigenvalue weighted by atomic mass is 16.6. The molecule has 0 aromatic rings. The molecule has 0 N–H and O–H groups in total. The van der Waals surface area contributed by atoms with Gasteiger partial charge in [0.2, 0.25) is 0 Å². The van der Waals surface area contributed by atoms with Gasteiger partial charge in [0.1, 0.15) is 13.2 Å². The van der Waals surface area contributed by atoms with Crippen LogP contribution >= 0.6 is 0 Å². The number of allylic oxidation sites excluding steroid dienone is 2. The van der Waals surface area contributed by atoms with E-state index >= 15 is 0 Å². The molecule has 80 heavy (non-hydrogen) atoms. The lowest BCUT2D eigenvalue weighted by Gasteiger charge is -2.18. The molecule has 1 unspecified atom stereocenters. The number of rotatable bonds is 69. The molecule has 0 aliphatic heterocycles. The van der Waals surface area contributed by atoms with E-state index in [0.717, 1.165) is 57.8 Å². The first kappa shape index (κ1) is 78.1. The second kappa shape index (κ2) is 69.6. The molecule has 1 atom stereocenters. The van der Waals surface area contributed by atoms with Gasteiger partial charge in [0.15, 0.2) is 6.10 Å². The predicted molar refractivity (Wildman–Crippen MR) is 349 cm³/mol. The van der Waals surface area contributed by atoms with Gasteiger partial charge in [0, 0.05) is 19.3 Å². The van der Waals surface area contributed by atoms with Gasteiger partial charge in [-0.2, -0.15) is 0 Å². The van der Waals surface area contributed by atoms with Crippen LogP contribution < -0.4 is 0 Å². The molecule has 0 spiro atoms. The van der Waals surface area contributed by atoms with Crippen molar-refractivity contribution in [3.8, 4) is 0 Å². The van der Waals surface area contributed by atoms with Crippen LogP contribution in [0.15, 0.2) is 12.2 Å². The molecule has 6 heteroatoms. The molecule has 0 saturated carbocycles. The van der Waals surface area contributed by atoms with Crippen LogP contribution in [0.3, 0.4) is 0 Å². The van der Waals surface area contributed by atoms with Crippen molar-refractivity contribution in [2.75, 3.05) is 13.2 Å². The summed E-state index contributed by atoms with van der Waals surface area (Å²) in [5.74, 6) is -0.829. The molecule has 6 nitrogen and oxygen atoms in total. The Labute approximate surface area is 501 Å². The van der Waals surface area contributed by atoms with Gasteiger partial charge in [-0.05, 0) is 44.9 Å². The highest BCUT2D eigenvalue weighted by Gasteiger charge is 2.20. The summed E-state index contributed by atoms with van der Waals surface area (Å²) in [6.07, 6.45) is 83.9. The van der Waals surface area contributed by atoms with Crippen LogP contribution in [0.1, 0.15) is 425 Å². The summed E-state index contributed by atoms with van der Waals surface area (Å²) in [5, 5.41) is 0. The molecular formula is C74H142O6. The monoisotopic (exact) mass is 1130 g/mol. The van der Waals surface area contributed by atoms with Crippen molar-refractivity contribution in [3.05, 3.63) is 12.2 Å². The molecule has 0 aromatic carbocycles. The minimum Gasteiger partial charge on any atom is -0.462 e. The third-order valence-electron chi connectivity index (χ3n) is 17.0. The zero-order chi connectivity index (χ0) is 57.8. The molecule has 0 rings (SSSR count). The Morgan fingerprint density at radius 1 is 0.237 bits per heavy atom. The first-order chi connectivity index (χ1) is 39.5. The van der Waals surface area contributed by atoms with Gasteiger partial charge >= 0.3 is 17.9 Å². The zero-order valence-corrected chi connectivity index (χ0v) is 54.6. The van der Waals surface area contributed by atoms with Crippen LogP contribution in [0.4, 0.5) is 0 Å². The highest BCUT2D eigenvalue weighted by Crippen LogP contribution is 2.19. The fourth-order valence-electron chi connectivity index (χ4n) is 11.5. The van der Waals surface area contributed by atoms with Crippen molar-refractivity contribution in [2.45, 2.75) is 431 Å². The molecule has 474 valence electrons. The van der Waals surface area contributed by atoms with E-state index < -0.39 is 6.10 Å². The third-order valence-corrected chi connectivity index (χ3v) is 17.0. The van der Waals surface area contributed by atoms with Crippen molar-refractivity contribution in [2.24, 2.45) is 0 Å². The number of hydrogen-bond donors (Lipinski definition) is 0. The molecule has 0 amide bonds. The van der Waals surface area contributed by atoms with Crippen LogP contribution in [0.2, 0.25) is 0 Å². The lowest BCUT2D eigenvalue weighted by atomic mass is 10.0. The van der Waals surface area contributed by atoms with E-state index in [1.54, 1.807) is 0 Å². The maximum absolute atomic E-state index is 13.0. The Kier molecular flexibility index (Phi) is 68.0. The van der Waals surface area contributed by atoms with E-state index in [-0.39, 0.29) is 31.1 Å². The van der Waals surface area contributed by atoms with Crippen LogP contribution in [0.5, 0.6) is 0 Å². The Morgan fingerprint density at radius 3 is 0.625 bits per heavy atom. The normalized spacial score (nSPS) is 12.0. The first-order valence-corrected chi connectivity index (χ1v) is 36.7. The Bertz CT molecular complexity index is 1250. The van der Waals surface area contributed by atoms with E-state index in [4.69, 9.17) is 14.2 Å². The largest absolute Gasteiger partial charge is 0.462 e. The fraction of sp³-hybridized carbons (Fsp3) is 0.932. The van der Waals surface area contributed by atoms with Crippen LogP contribution in [0, 0.1) is 0 Å². The van der Waals surface area contributed by atoms with E-state index in [1.165, 1.54) is 327 Å². The molecule has 0 aliphatic rings. The molecule has 0 aromatic heterocycles. The van der Waals surface area contributed by atoms with Crippen molar-refractivity contribution in [3.63, 3.8) is 0 Å². The molecule has 0 bridgehead atoms. The molecule has 0 aliphatic carbocycles. The van der Waals surface area contributed by atoms with Gasteiger partial charge in [-0.1, -0.05) is 373 Å². The topological polar surface area (TPSA) is 78.9 Å². The number of esters is 3. The van der Waals surface area contributed by atoms with E-state index in [0.29, 0.717) is 19.3 Å². The Morgan fingerprint density at radius 2 is 0.412 bits per heavy atom. The summed E-state index contributed by atoms with van der Waals surface area (Å²) in [5.41, 5.74) is 0. The SMILES string of the molecule is CCCCCCCCC/C=C\CCCCCCCCCC(=O)OCC(COC(=O)CCCCCCCCCCCCCCCCCCCCCCCCC)OC(=O)CCCCCCCCCCCCCCCCCCCCCCC. The van der Waals surface area contributed by atoms with Crippen LogP contribution in [-0.2, 0) is 28.6 Å². The maximum Gasteiger partial charge on any atom is 0.306 e. The zero-order valence-electron chi connectivity index (χ0n) is 54.6. The molecule has 0 heterocycles. The number of hydrogen-bond acceptors (Lipinski definition) is 6. The summed E-state index contributed by atoms with van der Waals surface area (Å²) in [4.78, 5) is 38.5. The standard InChI is InChI=1S/C74H142O6/c1-4-7-10-13-16-19-22-25-28-31-34-36-37-39-40-43-46-49-52-55-58-61-64-67-73(76)79-70-71(69-78-72(75)66-63-60-57-54-51-48-45-42-33-30-27-24-21-18-15-12-9-6-3)80-74(77)68-65-62-59-56-53-50-47-44-41-38-35-32-29-26-23-20-17-14-11-8-5-2/h30,33,71H,4-29,31-32,34-70H2,1-3H3/b33-30-. The third kappa shape index (κ3) is 66.9. The average Bonchev–Trinajstić information content (AvgIpc) is 3.46. The summed E-state index contributed by atoms with van der Waals surface area (Å²) in [7, 11) is 0. The first-order valence-electron chi connectivity index (χ1n) is 36.7. The Hall–Kier alpha value is -1.85. The number of carbonyl (C=O) groups excluding carboxylic acids is 3. The number of ether oxygens (including phenoxy) is 3. The summed E-state index contributed by atoms with van der Waals surface area (Å²) >= 11 is 0. The summed E-state index contributed by atoms with van der Waals surface area (Å²) < 4.78 is 17.0. The van der Waals surface area contributed by atoms with Crippen molar-refractivity contribution in [1.82, 2.24) is 0 Å². The number of carbonyl (C=O) groups is 3. The van der Waals surface area contributed by atoms with Crippen molar-refractivity contribution in [1.29, 1.82) is 0 Å². The van der Waals surface area contributed by atoms with Gasteiger partial charge in [-0.3, -0.25) is 14.4 Å². The van der Waals surface area contributed by atoms with Gasteiger partial charge in [0.05, 0.1) is 0 Å². The molecule has 0 fully saturated rings. The smallest absolute Gasteiger partial charge is 0.306 e. The molecule has 0 radical (unpaired) electrons. The number of unbranched alkanes of at least 4 members (excludes halogenated alkanes) is 56. The van der Waals surface area contributed by atoms with E-state index in [1.807, 2.05) is 0 Å². The minimum absolute atomic E-state index is 0.0640. The second-order valence-electron chi connectivity index (χ2n) is 25.2. The Balaban J connectivity index is 4.27. The quantitative estimate of drug-likeness (QED) is 0.0261. The summed E-state index contributed by atoms with van der Waals surface area (Å²) in [6, 6.07) is 0. The second-order valence-corrected chi connectivity index (χ2v) is 25.2. The van der Waals surface area contributed by atoms with Crippen molar-refractivity contribution >= 4 is 17.9 Å². The van der Waals surface area contributed by atoms with Crippen LogP contribution in [-0.4, -0.2) is 37.2 Å². The molecular weight excluding hydrogens is 985 g/mol.